The van der Waals surface area contributed by atoms with Crippen LogP contribution < -0.4 is 5.43 Å². The predicted octanol–water partition coefficient (Wildman–Crippen LogP) is 5.27. The Morgan fingerprint density at radius 1 is 0.923 bits per heavy atom. The molecule has 3 aromatic carbocycles. The van der Waals surface area contributed by atoms with Gasteiger partial charge in [0.15, 0.2) is 0 Å². The number of para-hydroxylation sites is 1. The van der Waals surface area contributed by atoms with Crippen molar-refractivity contribution in [1.82, 2.24) is 4.57 Å². The van der Waals surface area contributed by atoms with Crippen molar-refractivity contribution in [3.63, 3.8) is 0 Å². The third kappa shape index (κ3) is 3.64. The fourth-order valence-electron chi connectivity index (χ4n) is 2.96. The average Bonchev–Trinajstić information content (AvgIpc) is 3.05. The maximum absolute atomic E-state index is 13.4. The van der Waals surface area contributed by atoms with Crippen molar-refractivity contribution in [1.29, 1.82) is 0 Å². The van der Waals surface area contributed by atoms with Crippen molar-refractivity contribution >= 4 is 22.8 Å². The van der Waals surface area contributed by atoms with E-state index in [1.807, 2.05) is 48.7 Å². The molecule has 4 rings (SSSR count). The molecule has 0 spiro atoms. The molecular weight excluding hydrogens is 325 g/mol. The van der Waals surface area contributed by atoms with Crippen LogP contribution in [0.3, 0.4) is 0 Å². The molecule has 0 unspecified atom stereocenters. The molecule has 0 fully saturated rings. The van der Waals surface area contributed by atoms with Crippen LogP contribution in [0.1, 0.15) is 11.1 Å². The zero-order valence-corrected chi connectivity index (χ0v) is 14.1. The number of aromatic nitrogens is 1. The highest BCUT2D eigenvalue weighted by Crippen LogP contribution is 2.19. The predicted molar refractivity (Wildman–Crippen MR) is 105 cm³/mol. The average molecular weight is 343 g/mol. The van der Waals surface area contributed by atoms with Crippen molar-refractivity contribution in [2.24, 2.45) is 5.10 Å². The highest BCUT2D eigenvalue weighted by atomic mass is 19.1. The summed E-state index contributed by atoms with van der Waals surface area (Å²) in [4.78, 5) is 0. The molecule has 0 amide bonds. The van der Waals surface area contributed by atoms with Crippen molar-refractivity contribution in [2.75, 3.05) is 5.43 Å². The van der Waals surface area contributed by atoms with Gasteiger partial charge in [0.05, 0.1) is 11.9 Å². The number of nitrogens with one attached hydrogen (secondary N) is 1. The summed E-state index contributed by atoms with van der Waals surface area (Å²) in [5.41, 5.74) is 7.04. The van der Waals surface area contributed by atoms with E-state index in [0.29, 0.717) is 6.54 Å². The lowest BCUT2D eigenvalue weighted by Crippen LogP contribution is -1.98. The third-order valence-corrected chi connectivity index (χ3v) is 4.22. The summed E-state index contributed by atoms with van der Waals surface area (Å²) in [5, 5.41) is 5.41. The maximum Gasteiger partial charge on any atom is 0.123 e. The van der Waals surface area contributed by atoms with E-state index >= 15 is 0 Å². The lowest BCUT2D eigenvalue weighted by Gasteiger charge is -2.06. The molecule has 0 aliphatic carbocycles. The maximum atomic E-state index is 13.4. The van der Waals surface area contributed by atoms with E-state index in [2.05, 4.69) is 33.3 Å². The number of fused-ring (bicyclic) bond motifs is 1. The second kappa shape index (κ2) is 7.23. The Bertz CT molecular complexity index is 1050. The van der Waals surface area contributed by atoms with Gasteiger partial charge in [0.2, 0.25) is 0 Å². The van der Waals surface area contributed by atoms with Crippen LogP contribution in [-0.2, 0) is 6.54 Å². The highest BCUT2D eigenvalue weighted by molar-refractivity contribution is 5.89. The summed E-state index contributed by atoms with van der Waals surface area (Å²) in [6.07, 6.45) is 3.83. The molecule has 0 aliphatic rings. The Hall–Kier alpha value is -3.40. The van der Waals surface area contributed by atoms with Crippen LogP contribution in [0.25, 0.3) is 10.9 Å². The fraction of sp³-hybridized carbons (Fsp3) is 0.0455. The second-order valence-corrected chi connectivity index (χ2v) is 6.13. The Morgan fingerprint density at radius 2 is 1.81 bits per heavy atom. The molecule has 1 N–H and O–H groups in total. The van der Waals surface area contributed by atoms with Crippen LogP contribution in [0.2, 0.25) is 0 Å². The number of halogens is 1. The second-order valence-electron chi connectivity index (χ2n) is 6.13. The van der Waals surface area contributed by atoms with Gasteiger partial charge in [0.1, 0.15) is 5.82 Å². The lowest BCUT2D eigenvalue weighted by molar-refractivity contribution is 0.624. The summed E-state index contributed by atoms with van der Waals surface area (Å²) in [7, 11) is 0. The Balaban J connectivity index is 1.51. The van der Waals surface area contributed by atoms with Gasteiger partial charge in [0, 0.05) is 23.6 Å². The van der Waals surface area contributed by atoms with Crippen LogP contribution in [0.5, 0.6) is 0 Å². The largest absolute Gasteiger partial charge is 0.343 e. The minimum absolute atomic E-state index is 0.205. The van der Waals surface area contributed by atoms with Gasteiger partial charge < -0.3 is 4.57 Å². The summed E-state index contributed by atoms with van der Waals surface area (Å²) >= 11 is 0. The molecule has 0 bridgehead atoms. The topological polar surface area (TPSA) is 29.3 Å². The monoisotopic (exact) mass is 343 g/mol. The van der Waals surface area contributed by atoms with Crippen molar-refractivity contribution < 1.29 is 4.39 Å². The molecule has 128 valence electrons. The summed E-state index contributed by atoms with van der Waals surface area (Å²) in [6.45, 7) is 0.643. The summed E-state index contributed by atoms with van der Waals surface area (Å²) in [5.74, 6) is -0.205. The summed E-state index contributed by atoms with van der Waals surface area (Å²) < 4.78 is 15.5. The molecule has 0 atom stereocenters. The molecule has 0 radical (unpaired) electrons. The minimum Gasteiger partial charge on any atom is -0.343 e. The first-order valence-electron chi connectivity index (χ1n) is 8.45. The van der Waals surface area contributed by atoms with Gasteiger partial charge in [-0.05, 0) is 53.6 Å². The van der Waals surface area contributed by atoms with E-state index in [9.17, 15) is 4.39 Å². The van der Waals surface area contributed by atoms with Gasteiger partial charge in [-0.15, -0.1) is 0 Å². The zero-order chi connectivity index (χ0) is 17.8. The fourth-order valence-corrected chi connectivity index (χ4v) is 2.96. The standard InChI is InChI=1S/C22H18FN3/c23-20-6-4-5-18(14-20)16-26-12-11-19-13-17(9-10-22(19)26)15-24-25-21-7-2-1-3-8-21/h1-15,25H,16H2/b24-15+. The Kier molecular flexibility index (Phi) is 4.48. The number of benzene rings is 3. The third-order valence-electron chi connectivity index (χ3n) is 4.22. The van der Waals surface area contributed by atoms with Crippen LogP contribution in [0, 0.1) is 5.82 Å². The van der Waals surface area contributed by atoms with Gasteiger partial charge in [-0.3, -0.25) is 5.43 Å². The first-order valence-corrected chi connectivity index (χ1v) is 8.45. The molecule has 1 heterocycles. The van der Waals surface area contributed by atoms with Crippen molar-refractivity contribution in [3.05, 3.63) is 102 Å². The van der Waals surface area contributed by atoms with Gasteiger partial charge in [0.25, 0.3) is 0 Å². The molecule has 0 aliphatic heterocycles. The highest BCUT2D eigenvalue weighted by Gasteiger charge is 2.03. The smallest absolute Gasteiger partial charge is 0.123 e. The van der Waals surface area contributed by atoms with Gasteiger partial charge >= 0.3 is 0 Å². The van der Waals surface area contributed by atoms with Crippen LogP contribution in [0.4, 0.5) is 10.1 Å². The zero-order valence-electron chi connectivity index (χ0n) is 14.1. The number of rotatable bonds is 5. The molecule has 4 aromatic rings. The quantitative estimate of drug-likeness (QED) is 0.388. The van der Waals surface area contributed by atoms with Gasteiger partial charge in [-0.25, -0.2) is 4.39 Å². The van der Waals surface area contributed by atoms with E-state index in [1.165, 1.54) is 6.07 Å². The van der Waals surface area contributed by atoms with E-state index in [1.54, 1.807) is 18.3 Å². The van der Waals surface area contributed by atoms with Crippen molar-refractivity contribution in [2.45, 2.75) is 6.54 Å². The Labute approximate surface area is 151 Å². The van der Waals surface area contributed by atoms with Gasteiger partial charge in [-0.1, -0.05) is 36.4 Å². The first kappa shape index (κ1) is 16.1. The molecule has 4 heteroatoms. The molecule has 1 aromatic heterocycles. The Morgan fingerprint density at radius 3 is 2.65 bits per heavy atom. The van der Waals surface area contributed by atoms with Crippen LogP contribution in [-0.4, -0.2) is 10.8 Å². The van der Waals surface area contributed by atoms with E-state index in [0.717, 1.165) is 27.7 Å². The van der Waals surface area contributed by atoms with Gasteiger partial charge in [-0.2, -0.15) is 5.10 Å². The molecular formula is C22H18FN3. The normalized spacial score (nSPS) is 11.3. The number of hydrazone groups is 1. The molecule has 3 nitrogen and oxygen atoms in total. The number of hydrogen-bond acceptors (Lipinski definition) is 2. The van der Waals surface area contributed by atoms with Crippen LogP contribution in [0.15, 0.2) is 90.2 Å². The van der Waals surface area contributed by atoms with Crippen LogP contribution >= 0.6 is 0 Å². The SMILES string of the molecule is Fc1cccc(Cn2ccc3cc(/C=N/Nc4ccccc4)ccc32)c1. The van der Waals surface area contributed by atoms with E-state index < -0.39 is 0 Å². The number of hydrogen-bond donors (Lipinski definition) is 1. The van der Waals surface area contributed by atoms with E-state index in [-0.39, 0.29) is 5.82 Å². The molecule has 0 saturated carbocycles. The minimum atomic E-state index is -0.205. The number of nitrogens with zero attached hydrogens (tertiary/aromatic N) is 2. The molecule has 26 heavy (non-hydrogen) atoms. The van der Waals surface area contributed by atoms with E-state index in [4.69, 9.17) is 0 Å². The lowest BCUT2D eigenvalue weighted by atomic mass is 10.1. The molecule has 0 saturated heterocycles. The number of anilines is 1. The van der Waals surface area contributed by atoms with Crippen molar-refractivity contribution in [3.8, 4) is 0 Å². The summed E-state index contributed by atoms with van der Waals surface area (Å²) in [6, 6.07) is 24.8. The first-order chi connectivity index (χ1) is 12.8.